The number of nitrogens with one attached hydrogen (secondary N) is 1. The molecule has 0 fully saturated rings. The van der Waals surface area contributed by atoms with E-state index in [9.17, 15) is 4.79 Å². The molecule has 0 unspecified atom stereocenters. The number of benzene rings is 1. The zero-order valence-electron chi connectivity index (χ0n) is 12.7. The van der Waals surface area contributed by atoms with Crippen molar-refractivity contribution < 1.29 is 9.53 Å². The molecule has 106 valence electrons. The first-order valence-electron chi connectivity index (χ1n) is 6.79. The van der Waals surface area contributed by atoms with Gasteiger partial charge in [-0.05, 0) is 43.9 Å². The third kappa shape index (κ3) is 4.58. The van der Waals surface area contributed by atoms with Gasteiger partial charge in [-0.3, -0.25) is 4.79 Å². The first kappa shape index (κ1) is 15.5. The Morgan fingerprint density at radius 2 is 2.00 bits per heavy atom. The molecule has 0 radical (unpaired) electrons. The maximum Gasteiger partial charge on any atom is 0.225 e. The van der Waals surface area contributed by atoms with Gasteiger partial charge in [-0.2, -0.15) is 0 Å². The van der Waals surface area contributed by atoms with Crippen LogP contribution in [0.3, 0.4) is 0 Å². The molecule has 1 amide bonds. The summed E-state index contributed by atoms with van der Waals surface area (Å²) in [6, 6.07) is 6.20. The van der Waals surface area contributed by atoms with E-state index in [0.29, 0.717) is 6.61 Å². The Kier molecular flexibility index (Phi) is 5.40. The molecule has 0 bridgehead atoms. The van der Waals surface area contributed by atoms with Crippen LogP contribution >= 0.6 is 0 Å². The summed E-state index contributed by atoms with van der Waals surface area (Å²) in [5.41, 5.74) is 2.02. The molecule has 1 aromatic rings. The third-order valence-corrected chi connectivity index (χ3v) is 3.39. The van der Waals surface area contributed by atoms with E-state index in [4.69, 9.17) is 4.74 Å². The average Bonchev–Trinajstić information content (AvgIpc) is 2.37. The summed E-state index contributed by atoms with van der Waals surface area (Å²) in [7, 11) is 1.68. The minimum Gasteiger partial charge on any atom is -0.493 e. The van der Waals surface area contributed by atoms with Crippen molar-refractivity contribution in [2.24, 2.45) is 5.41 Å². The predicted molar refractivity (Wildman–Crippen MR) is 78.5 cm³/mol. The number of carbonyl (C=O) groups excluding carboxylic acids is 1. The van der Waals surface area contributed by atoms with E-state index in [-0.39, 0.29) is 11.3 Å². The van der Waals surface area contributed by atoms with Crippen molar-refractivity contribution in [1.82, 2.24) is 5.32 Å². The molecule has 1 aromatic carbocycles. The van der Waals surface area contributed by atoms with Crippen LogP contribution in [0.2, 0.25) is 0 Å². The van der Waals surface area contributed by atoms with Gasteiger partial charge in [0.25, 0.3) is 0 Å². The summed E-state index contributed by atoms with van der Waals surface area (Å²) < 4.78 is 5.79. The van der Waals surface area contributed by atoms with Crippen LogP contribution in [0.4, 0.5) is 0 Å². The molecule has 0 aliphatic rings. The summed E-state index contributed by atoms with van der Waals surface area (Å²) in [5.74, 6) is 1.02. The Labute approximate surface area is 116 Å². The number of rotatable bonds is 6. The minimum atomic E-state index is -0.334. The molecule has 0 atom stereocenters. The van der Waals surface area contributed by atoms with Crippen molar-refractivity contribution in [1.29, 1.82) is 0 Å². The van der Waals surface area contributed by atoms with Crippen LogP contribution in [0.1, 0.15) is 37.8 Å². The molecule has 3 nitrogen and oxygen atoms in total. The van der Waals surface area contributed by atoms with Crippen molar-refractivity contribution in [2.75, 3.05) is 13.7 Å². The van der Waals surface area contributed by atoms with E-state index < -0.39 is 0 Å². The van der Waals surface area contributed by atoms with Gasteiger partial charge >= 0.3 is 0 Å². The van der Waals surface area contributed by atoms with Crippen LogP contribution in [-0.4, -0.2) is 19.6 Å². The van der Waals surface area contributed by atoms with Crippen LogP contribution in [0.25, 0.3) is 0 Å². The van der Waals surface area contributed by atoms with Crippen LogP contribution in [0.5, 0.6) is 5.75 Å². The Balaban J connectivity index is 2.43. The molecule has 0 saturated heterocycles. The molecule has 3 heteroatoms. The Morgan fingerprint density at radius 1 is 1.32 bits per heavy atom. The molecule has 1 N–H and O–H groups in total. The van der Waals surface area contributed by atoms with Crippen molar-refractivity contribution >= 4 is 5.91 Å². The highest BCUT2D eigenvalue weighted by atomic mass is 16.5. The van der Waals surface area contributed by atoms with E-state index in [1.54, 1.807) is 7.05 Å². The Morgan fingerprint density at radius 3 is 2.63 bits per heavy atom. The normalized spacial score (nSPS) is 11.2. The average molecular weight is 263 g/mol. The van der Waals surface area contributed by atoms with Gasteiger partial charge in [-0.15, -0.1) is 0 Å². The number of aryl methyl sites for hydroxylation is 2. The van der Waals surface area contributed by atoms with Gasteiger partial charge < -0.3 is 10.1 Å². The minimum absolute atomic E-state index is 0.0826. The van der Waals surface area contributed by atoms with Gasteiger partial charge in [-0.25, -0.2) is 0 Å². The van der Waals surface area contributed by atoms with Crippen LogP contribution in [0.15, 0.2) is 18.2 Å². The Bertz CT molecular complexity index is 438. The number of amides is 1. The summed E-state index contributed by atoms with van der Waals surface area (Å²) in [6.07, 6.45) is 1.69. The van der Waals surface area contributed by atoms with Gasteiger partial charge in [0, 0.05) is 12.5 Å². The molecule has 0 heterocycles. The van der Waals surface area contributed by atoms with Crippen molar-refractivity contribution in [3.05, 3.63) is 29.3 Å². The molecule has 19 heavy (non-hydrogen) atoms. The van der Waals surface area contributed by atoms with Crippen LogP contribution < -0.4 is 10.1 Å². The van der Waals surface area contributed by atoms with E-state index in [1.165, 1.54) is 5.56 Å². The highest BCUT2D eigenvalue weighted by Crippen LogP contribution is 2.23. The second-order valence-corrected chi connectivity index (χ2v) is 5.68. The number of carbonyl (C=O) groups is 1. The van der Waals surface area contributed by atoms with E-state index in [1.807, 2.05) is 20.8 Å². The number of hydrogen-bond acceptors (Lipinski definition) is 2. The summed E-state index contributed by atoms with van der Waals surface area (Å²) in [4.78, 5) is 11.6. The van der Waals surface area contributed by atoms with Crippen molar-refractivity contribution in [3.63, 3.8) is 0 Å². The SMILES string of the molecule is CNC(=O)C(C)(C)CCCOc1cc(C)ccc1C. The third-order valence-electron chi connectivity index (χ3n) is 3.39. The maximum atomic E-state index is 11.6. The molecular weight excluding hydrogens is 238 g/mol. The van der Waals surface area contributed by atoms with Gasteiger partial charge in [0.1, 0.15) is 5.75 Å². The van der Waals surface area contributed by atoms with Crippen LogP contribution in [0, 0.1) is 19.3 Å². The lowest BCUT2D eigenvalue weighted by molar-refractivity contribution is -0.129. The first-order valence-corrected chi connectivity index (χ1v) is 6.79. The topological polar surface area (TPSA) is 38.3 Å². The van der Waals surface area contributed by atoms with E-state index in [2.05, 4.69) is 30.4 Å². The summed E-state index contributed by atoms with van der Waals surface area (Å²) >= 11 is 0. The summed E-state index contributed by atoms with van der Waals surface area (Å²) in [6.45, 7) is 8.67. The monoisotopic (exact) mass is 263 g/mol. The fourth-order valence-electron chi connectivity index (χ4n) is 2.01. The van der Waals surface area contributed by atoms with Crippen molar-refractivity contribution in [2.45, 2.75) is 40.5 Å². The quantitative estimate of drug-likeness (QED) is 0.800. The van der Waals surface area contributed by atoms with Gasteiger partial charge in [0.15, 0.2) is 0 Å². The maximum absolute atomic E-state index is 11.6. The standard InChI is InChI=1S/C16H25NO2/c1-12-7-8-13(2)14(11-12)19-10-6-9-16(3,4)15(18)17-5/h7-8,11H,6,9-10H2,1-5H3,(H,17,18). The van der Waals surface area contributed by atoms with Gasteiger partial charge in [-0.1, -0.05) is 26.0 Å². The lowest BCUT2D eigenvalue weighted by Crippen LogP contribution is -2.34. The van der Waals surface area contributed by atoms with Gasteiger partial charge in [0.05, 0.1) is 6.61 Å². The molecule has 0 spiro atoms. The number of ether oxygens (including phenoxy) is 1. The zero-order valence-corrected chi connectivity index (χ0v) is 12.7. The second-order valence-electron chi connectivity index (χ2n) is 5.68. The van der Waals surface area contributed by atoms with Crippen molar-refractivity contribution in [3.8, 4) is 5.75 Å². The first-order chi connectivity index (χ1) is 8.86. The smallest absolute Gasteiger partial charge is 0.225 e. The summed E-state index contributed by atoms with van der Waals surface area (Å²) in [5, 5.41) is 2.70. The second kappa shape index (κ2) is 6.60. The van der Waals surface area contributed by atoms with E-state index in [0.717, 1.165) is 24.2 Å². The fourth-order valence-corrected chi connectivity index (χ4v) is 2.01. The molecule has 0 aromatic heterocycles. The lowest BCUT2D eigenvalue weighted by atomic mass is 9.87. The predicted octanol–water partition coefficient (Wildman–Crippen LogP) is 3.23. The van der Waals surface area contributed by atoms with Crippen LogP contribution in [-0.2, 0) is 4.79 Å². The molecular formula is C16H25NO2. The molecule has 0 aliphatic heterocycles. The molecule has 0 aliphatic carbocycles. The lowest BCUT2D eigenvalue weighted by Gasteiger charge is -2.22. The molecule has 0 saturated carbocycles. The highest BCUT2D eigenvalue weighted by molar-refractivity contribution is 5.81. The highest BCUT2D eigenvalue weighted by Gasteiger charge is 2.25. The van der Waals surface area contributed by atoms with Gasteiger partial charge in [0.2, 0.25) is 5.91 Å². The molecule has 1 rings (SSSR count). The zero-order chi connectivity index (χ0) is 14.5. The van der Waals surface area contributed by atoms with E-state index >= 15 is 0 Å². The largest absolute Gasteiger partial charge is 0.493 e. The number of hydrogen-bond donors (Lipinski definition) is 1. The Hall–Kier alpha value is -1.51. The fraction of sp³-hybridized carbons (Fsp3) is 0.562.